The third-order valence-electron chi connectivity index (χ3n) is 3.11. The van der Waals surface area contributed by atoms with Crippen molar-refractivity contribution in [3.8, 4) is 0 Å². The monoisotopic (exact) mass is 419 g/mol. The van der Waals surface area contributed by atoms with Crippen LogP contribution in [0.25, 0.3) is 0 Å². The lowest BCUT2D eigenvalue weighted by atomic mass is 9.99. The van der Waals surface area contributed by atoms with Gasteiger partial charge < -0.3 is 5.32 Å². The molecule has 2 rings (SSSR count). The van der Waals surface area contributed by atoms with Gasteiger partial charge >= 0.3 is 0 Å². The lowest BCUT2D eigenvalue weighted by molar-refractivity contribution is 0.583. The molecule has 0 saturated heterocycles. The maximum absolute atomic E-state index is 13.4. The van der Waals surface area contributed by atoms with E-state index in [0.29, 0.717) is 11.4 Å². The highest BCUT2D eigenvalue weighted by Gasteiger charge is 2.16. The van der Waals surface area contributed by atoms with Crippen LogP contribution in [0.1, 0.15) is 17.2 Å². The summed E-state index contributed by atoms with van der Waals surface area (Å²) in [5.41, 5.74) is 1.89. The Balaban J connectivity index is 2.33. The quantitative estimate of drug-likeness (QED) is 0.687. The van der Waals surface area contributed by atoms with Gasteiger partial charge in [0.25, 0.3) is 0 Å². The fraction of sp³-hybridized carbons (Fsp3) is 0.200. The number of nitrogens with one attached hydrogen (secondary N) is 1. The second-order valence-corrected chi connectivity index (χ2v) is 6.62. The summed E-state index contributed by atoms with van der Waals surface area (Å²) in [6.45, 7) is 0. The smallest absolute Gasteiger partial charge is 0.123 e. The van der Waals surface area contributed by atoms with E-state index >= 15 is 0 Å². The van der Waals surface area contributed by atoms with E-state index < -0.39 is 0 Å². The van der Waals surface area contributed by atoms with Crippen molar-refractivity contribution in [1.82, 2.24) is 5.32 Å². The van der Waals surface area contributed by atoms with E-state index in [-0.39, 0.29) is 11.9 Å². The first-order valence-electron chi connectivity index (χ1n) is 6.07. The van der Waals surface area contributed by atoms with E-state index in [1.54, 1.807) is 12.1 Å². The third-order valence-corrected chi connectivity index (χ3v) is 4.72. The molecule has 1 N–H and O–H groups in total. The molecule has 0 aliphatic rings. The average Bonchev–Trinajstić information content (AvgIpc) is 2.42. The van der Waals surface area contributed by atoms with Gasteiger partial charge in [-0.05, 0) is 61.0 Å². The summed E-state index contributed by atoms with van der Waals surface area (Å²) in [5.74, 6) is -0.238. The molecule has 0 fully saturated rings. The van der Waals surface area contributed by atoms with E-state index in [4.69, 9.17) is 11.6 Å². The molecule has 0 heterocycles. The third kappa shape index (κ3) is 3.82. The second kappa shape index (κ2) is 7.03. The van der Waals surface area contributed by atoms with Crippen molar-refractivity contribution < 1.29 is 4.39 Å². The van der Waals surface area contributed by atoms with Gasteiger partial charge in [0.05, 0.1) is 0 Å². The Kier molecular flexibility index (Phi) is 5.61. The van der Waals surface area contributed by atoms with Gasteiger partial charge in [0, 0.05) is 20.0 Å². The standard InChI is InChI=1S/C15H13Br2ClFN/c1-20-15(12-8-10(16)2-5-14(12)18)7-9-6-11(19)3-4-13(9)17/h2-6,8,15,20H,7H2,1H3. The molecule has 0 aliphatic carbocycles. The topological polar surface area (TPSA) is 12.0 Å². The number of rotatable bonds is 4. The number of likely N-dealkylation sites (N-methyl/N-ethyl adjacent to an activating group) is 1. The van der Waals surface area contributed by atoms with Crippen LogP contribution in [-0.2, 0) is 6.42 Å². The van der Waals surface area contributed by atoms with Gasteiger partial charge in [0.2, 0.25) is 0 Å². The summed E-state index contributed by atoms with van der Waals surface area (Å²) in [5, 5.41) is 3.93. The summed E-state index contributed by atoms with van der Waals surface area (Å²) in [6.07, 6.45) is 0.644. The molecule has 0 spiro atoms. The van der Waals surface area contributed by atoms with E-state index in [9.17, 15) is 4.39 Å². The van der Waals surface area contributed by atoms with Crippen molar-refractivity contribution in [3.05, 3.63) is 67.3 Å². The fourth-order valence-corrected chi connectivity index (χ4v) is 3.11. The lowest BCUT2D eigenvalue weighted by Gasteiger charge is -2.19. The van der Waals surface area contributed by atoms with E-state index in [0.717, 1.165) is 20.1 Å². The van der Waals surface area contributed by atoms with Gasteiger partial charge in [0.1, 0.15) is 5.82 Å². The molecule has 1 nitrogen and oxygen atoms in total. The van der Waals surface area contributed by atoms with Gasteiger partial charge in [-0.15, -0.1) is 0 Å². The molecule has 0 radical (unpaired) electrons. The predicted molar refractivity (Wildman–Crippen MR) is 88.8 cm³/mol. The first-order chi connectivity index (χ1) is 9.51. The molecule has 5 heteroatoms. The Bertz CT molecular complexity index is 619. The van der Waals surface area contributed by atoms with Crippen LogP contribution in [0.15, 0.2) is 45.3 Å². The van der Waals surface area contributed by atoms with Crippen molar-refractivity contribution in [2.24, 2.45) is 0 Å². The maximum Gasteiger partial charge on any atom is 0.123 e. The van der Waals surface area contributed by atoms with E-state index in [1.165, 1.54) is 6.07 Å². The Morgan fingerprint density at radius 2 is 1.95 bits per heavy atom. The highest BCUT2D eigenvalue weighted by Crippen LogP contribution is 2.30. The second-order valence-electron chi connectivity index (χ2n) is 4.45. The first-order valence-corrected chi connectivity index (χ1v) is 8.04. The van der Waals surface area contributed by atoms with Gasteiger partial charge in [-0.2, -0.15) is 0 Å². The van der Waals surface area contributed by atoms with Gasteiger partial charge in [-0.1, -0.05) is 43.5 Å². The lowest BCUT2D eigenvalue weighted by Crippen LogP contribution is -2.19. The van der Waals surface area contributed by atoms with Crippen molar-refractivity contribution in [1.29, 1.82) is 0 Å². The number of benzene rings is 2. The molecule has 0 bridgehead atoms. The minimum Gasteiger partial charge on any atom is -0.313 e. The maximum atomic E-state index is 13.4. The Morgan fingerprint density at radius 1 is 1.20 bits per heavy atom. The zero-order chi connectivity index (χ0) is 14.7. The van der Waals surface area contributed by atoms with Crippen LogP contribution in [-0.4, -0.2) is 7.05 Å². The van der Waals surface area contributed by atoms with Crippen LogP contribution < -0.4 is 5.32 Å². The minimum atomic E-state index is -0.238. The van der Waals surface area contributed by atoms with Crippen molar-refractivity contribution in [2.45, 2.75) is 12.5 Å². The molecular weight excluding hydrogens is 408 g/mol. The molecule has 2 aromatic rings. The molecular formula is C15H13Br2ClFN. The molecule has 106 valence electrons. The zero-order valence-electron chi connectivity index (χ0n) is 10.8. The molecule has 0 aromatic heterocycles. The van der Waals surface area contributed by atoms with Gasteiger partial charge in [-0.3, -0.25) is 0 Å². The van der Waals surface area contributed by atoms with E-state index in [2.05, 4.69) is 37.2 Å². The van der Waals surface area contributed by atoms with E-state index in [1.807, 2.05) is 25.2 Å². The largest absolute Gasteiger partial charge is 0.313 e. The summed E-state index contributed by atoms with van der Waals surface area (Å²) in [4.78, 5) is 0. The summed E-state index contributed by atoms with van der Waals surface area (Å²) in [7, 11) is 1.87. The Labute approximate surface area is 139 Å². The number of halogens is 4. The number of hydrogen-bond acceptors (Lipinski definition) is 1. The predicted octanol–water partition coefficient (Wildman–Crippen LogP) is 5.51. The fourth-order valence-electron chi connectivity index (χ4n) is 2.07. The van der Waals surface area contributed by atoms with Crippen molar-refractivity contribution in [2.75, 3.05) is 7.05 Å². The first kappa shape index (κ1) is 16.0. The minimum absolute atomic E-state index is 0.0121. The normalized spacial score (nSPS) is 12.4. The molecule has 20 heavy (non-hydrogen) atoms. The summed E-state index contributed by atoms with van der Waals surface area (Å²) >= 11 is 13.2. The van der Waals surface area contributed by atoms with Gasteiger partial charge in [0.15, 0.2) is 0 Å². The van der Waals surface area contributed by atoms with Gasteiger partial charge in [-0.25, -0.2) is 4.39 Å². The van der Waals surface area contributed by atoms with Crippen LogP contribution in [0, 0.1) is 5.82 Å². The summed E-state index contributed by atoms with van der Waals surface area (Å²) in [6, 6.07) is 10.5. The van der Waals surface area contributed by atoms with Crippen LogP contribution in [0.3, 0.4) is 0 Å². The van der Waals surface area contributed by atoms with Crippen LogP contribution in [0.2, 0.25) is 5.02 Å². The molecule has 1 atom stereocenters. The average molecular weight is 422 g/mol. The molecule has 1 unspecified atom stereocenters. The van der Waals surface area contributed by atoms with Crippen molar-refractivity contribution in [3.63, 3.8) is 0 Å². The molecule has 0 saturated carbocycles. The Morgan fingerprint density at radius 3 is 2.65 bits per heavy atom. The highest BCUT2D eigenvalue weighted by atomic mass is 79.9. The van der Waals surface area contributed by atoms with Crippen LogP contribution in [0.5, 0.6) is 0 Å². The molecule has 2 aromatic carbocycles. The summed E-state index contributed by atoms with van der Waals surface area (Å²) < 4.78 is 15.2. The van der Waals surface area contributed by atoms with Crippen LogP contribution in [0.4, 0.5) is 4.39 Å². The van der Waals surface area contributed by atoms with Crippen LogP contribution >= 0.6 is 43.5 Å². The zero-order valence-corrected chi connectivity index (χ0v) is 14.7. The molecule has 0 amide bonds. The highest BCUT2D eigenvalue weighted by molar-refractivity contribution is 9.10. The Hall–Kier alpha value is -0.420. The SMILES string of the molecule is CNC(Cc1cc(F)ccc1Br)c1cc(Br)ccc1Cl. The molecule has 0 aliphatic heterocycles. The number of hydrogen-bond donors (Lipinski definition) is 1. The van der Waals surface area contributed by atoms with Crippen molar-refractivity contribution >= 4 is 43.5 Å².